The second-order valence-electron chi connectivity index (χ2n) is 10.1. The van der Waals surface area contributed by atoms with Gasteiger partial charge in [-0.15, -0.1) is 0 Å². The number of ketones is 2. The van der Waals surface area contributed by atoms with Crippen molar-refractivity contribution in [3.8, 4) is 11.8 Å². The highest BCUT2D eigenvalue weighted by molar-refractivity contribution is 6.32. The van der Waals surface area contributed by atoms with Crippen molar-refractivity contribution in [1.29, 1.82) is 5.26 Å². The van der Waals surface area contributed by atoms with Gasteiger partial charge in [0.15, 0.2) is 6.10 Å². The highest BCUT2D eigenvalue weighted by atomic mass is 35.5. The third kappa shape index (κ3) is 9.53. The van der Waals surface area contributed by atoms with Crippen LogP contribution in [0.4, 0.5) is 11.4 Å². The van der Waals surface area contributed by atoms with Crippen LogP contribution in [0.25, 0.3) is 0 Å². The molecule has 2 aromatic rings. The summed E-state index contributed by atoms with van der Waals surface area (Å²) in [5.41, 5.74) is 3.95. The molecule has 0 spiro atoms. The summed E-state index contributed by atoms with van der Waals surface area (Å²) in [6, 6.07) is 13.0. The lowest BCUT2D eigenvalue weighted by atomic mass is 9.98. The number of nitriles is 1. The maximum absolute atomic E-state index is 12.4. The molecular weight excluding hydrogens is 526 g/mol. The largest absolute Gasteiger partial charge is 0.478 e. The number of ether oxygens (including phenoxy) is 1. The third-order valence-electron chi connectivity index (χ3n) is 6.45. The summed E-state index contributed by atoms with van der Waals surface area (Å²) in [6.07, 6.45) is 2.66. The van der Waals surface area contributed by atoms with Crippen molar-refractivity contribution in [2.24, 2.45) is 5.92 Å². The Kier molecular flexibility index (Phi) is 12.9. The number of allylic oxidation sites excluding steroid dienone is 1. The maximum Gasteiger partial charge on any atom is 0.268 e. The molecule has 0 radical (unpaired) electrons. The molecule has 0 aromatic heterocycles. The number of hydrogen-bond acceptors (Lipinski definition) is 6. The van der Waals surface area contributed by atoms with Gasteiger partial charge in [0.05, 0.1) is 22.7 Å². The van der Waals surface area contributed by atoms with Crippen molar-refractivity contribution in [2.75, 3.05) is 16.8 Å². The van der Waals surface area contributed by atoms with Crippen molar-refractivity contribution in [1.82, 2.24) is 0 Å². The Morgan fingerprint density at radius 3 is 2.48 bits per heavy atom. The number of Topliss-reactive ketones (excluding diaryl/α,β-unsaturated/α-hetero) is 2. The number of likely N-dealkylation sites (N-methyl/N-ethyl adjacent to an activating group) is 1. The van der Waals surface area contributed by atoms with E-state index in [1.165, 1.54) is 0 Å². The highest BCUT2D eigenvalue weighted by Crippen LogP contribution is 2.35. The molecule has 3 rings (SSSR count). The molecule has 1 amide bonds. The summed E-state index contributed by atoms with van der Waals surface area (Å²) in [4.78, 5) is 37.2. The van der Waals surface area contributed by atoms with Gasteiger partial charge in [-0.25, -0.2) is 0 Å². The van der Waals surface area contributed by atoms with E-state index in [0.29, 0.717) is 42.1 Å². The van der Waals surface area contributed by atoms with Crippen LogP contribution < -0.4 is 15.0 Å². The molecule has 0 aliphatic carbocycles. The van der Waals surface area contributed by atoms with Crippen LogP contribution in [0, 0.1) is 24.2 Å². The number of hydrogen-bond donors (Lipinski definition) is 1. The Labute approximate surface area is 243 Å². The van der Waals surface area contributed by atoms with E-state index < -0.39 is 6.10 Å². The van der Waals surface area contributed by atoms with Gasteiger partial charge in [-0.2, -0.15) is 5.26 Å². The molecule has 8 heteroatoms. The Morgan fingerprint density at radius 2 is 1.88 bits per heavy atom. The van der Waals surface area contributed by atoms with Gasteiger partial charge in [-0.1, -0.05) is 45.0 Å². The van der Waals surface area contributed by atoms with E-state index >= 15 is 0 Å². The lowest BCUT2D eigenvalue weighted by molar-refractivity contribution is -0.131. The zero-order chi connectivity index (χ0) is 29.8. The highest BCUT2D eigenvalue weighted by Gasteiger charge is 2.34. The molecule has 1 heterocycles. The quantitative estimate of drug-likeness (QED) is 0.288. The first-order valence-corrected chi connectivity index (χ1v) is 14.2. The maximum atomic E-state index is 12.4. The Morgan fingerprint density at radius 1 is 1.15 bits per heavy atom. The fourth-order valence-corrected chi connectivity index (χ4v) is 4.67. The molecule has 0 saturated heterocycles. The molecule has 1 aliphatic heterocycles. The fourth-order valence-electron chi connectivity index (χ4n) is 4.44. The van der Waals surface area contributed by atoms with Gasteiger partial charge in [-0.3, -0.25) is 14.4 Å². The van der Waals surface area contributed by atoms with Gasteiger partial charge in [0.1, 0.15) is 23.4 Å². The van der Waals surface area contributed by atoms with Gasteiger partial charge in [-0.05, 0) is 68.5 Å². The molecular formula is C32H40ClN3O4. The first-order chi connectivity index (χ1) is 19.0. The number of halogens is 1. The lowest BCUT2D eigenvalue weighted by Crippen LogP contribution is -2.46. The summed E-state index contributed by atoms with van der Waals surface area (Å²) < 4.78 is 5.76. The van der Waals surface area contributed by atoms with E-state index in [1.807, 2.05) is 58.9 Å². The topological polar surface area (TPSA) is 99.5 Å². The van der Waals surface area contributed by atoms with Crippen molar-refractivity contribution in [3.05, 3.63) is 64.8 Å². The van der Waals surface area contributed by atoms with E-state index in [4.69, 9.17) is 21.6 Å². The number of nitrogens with one attached hydrogen (secondary N) is 1. The average molecular weight is 566 g/mol. The van der Waals surface area contributed by atoms with E-state index in [1.54, 1.807) is 23.1 Å². The van der Waals surface area contributed by atoms with Gasteiger partial charge in [0.2, 0.25) is 0 Å². The molecule has 214 valence electrons. The molecule has 7 nitrogen and oxygen atoms in total. The standard InChI is InChI=1S/C16H19ClN2O.C16H21NO3/c1-4-15(20)8-11(2)7-12(3)19-14-6-5-13(10-18)16(17)9-14;1-4-6-12(18)10-15-16(19)17(5-2)13-8-7-11(3)9-14(13)20-15/h5-6,9,11,19H,3-4,7-8H2,1-2H3;7-9,15H,4-6,10H2,1-3H3. The molecule has 0 saturated carbocycles. The summed E-state index contributed by atoms with van der Waals surface area (Å²) in [5.74, 6) is 1.19. The van der Waals surface area contributed by atoms with Gasteiger partial charge in [0.25, 0.3) is 5.91 Å². The van der Waals surface area contributed by atoms with Crippen molar-refractivity contribution in [3.63, 3.8) is 0 Å². The number of carbonyl (C=O) groups is 3. The Hall–Kier alpha value is -3.63. The van der Waals surface area contributed by atoms with E-state index in [9.17, 15) is 14.4 Å². The number of fused-ring (bicyclic) bond motifs is 1. The number of carbonyl (C=O) groups excluding carboxylic acids is 3. The second-order valence-corrected chi connectivity index (χ2v) is 10.5. The number of rotatable bonds is 12. The molecule has 1 aliphatic rings. The van der Waals surface area contributed by atoms with Crippen LogP contribution in [0.2, 0.25) is 5.02 Å². The monoisotopic (exact) mass is 565 g/mol. The van der Waals surface area contributed by atoms with E-state index in [0.717, 1.165) is 35.5 Å². The number of benzene rings is 2. The minimum absolute atomic E-state index is 0.0815. The first-order valence-electron chi connectivity index (χ1n) is 13.8. The fraction of sp³-hybridized carbons (Fsp3) is 0.438. The van der Waals surface area contributed by atoms with Crippen LogP contribution in [-0.2, 0) is 14.4 Å². The van der Waals surface area contributed by atoms with Crippen molar-refractivity contribution in [2.45, 2.75) is 79.2 Å². The van der Waals surface area contributed by atoms with Crippen LogP contribution in [0.5, 0.6) is 5.75 Å². The Balaban J connectivity index is 0.000000280. The molecule has 2 aromatic carbocycles. The molecule has 2 atom stereocenters. The number of aryl methyl sites for hydroxylation is 1. The van der Waals surface area contributed by atoms with Crippen LogP contribution in [0.15, 0.2) is 48.7 Å². The first kappa shape index (κ1) is 32.6. The summed E-state index contributed by atoms with van der Waals surface area (Å²) in [6.45, 7) is 14.3. The van der Waals surface area contributed by atoms with Crippen LogP contribution in [0.3, 0.4) is 0 Å². The molecule has 2 unspecified atom stereocenters. The van der Waals surface area contributed by atoms with Crippen LogP contribution in [-0.4, -0.2) is 30.1 Å². The predicted molar refractivity (Wildman–Crippen MR) is 161 cm³/mol. The Bertz CT molecular complexity index is 1270. The van der Waals surface area contributed by atoms with Crippen molar-refractivity contribution >= 4 is 40.4 Å². The number of amides is 1. The minimum atomic E-state index is -0.678. The third-order valence-corrected chi connectivity index (χ3v) is 6.76. The van der Waals surface area contributed by atoms with E-state index in [2.05, 4.69) is 11.9 Å². The minimum Gasteiger partial charge on any atom is -0.478 e. The second kappa shape index (κ2) is 15.8. The predicted octanol–water partition coefficient (Wildman–Crippen LogP) is 7.40. The van der Waals surface area contributed by atoms with Gasteiger partial charge < -0.3 is 15.0 Å². The molecule has 0 bridgehead atoms. The average Bonchev–Trinajstić information content (AvgIpc) is 2.89. The van der Waals surface area contributed by atoms with E-state index in [-0.39, 0.29) is 29.8 Å². The SMILES string of the molecule is C=C(CC(C)CC(=O)CC)Nc1ccc(C#N)c(Cl)c1.CCCC(=O)CC1Oc2cc(C)ccc2N(CC)C1=O. The lowest BCUT2D eigenvalue weighted by Gasteiger charge is -2.33. The van der Waals surface area contributed by atoms with Gasteiger partial charge >= 0.3 is 0 Å². The van der Waals surface area contributed by atoms with Gasteiger partial charge in [0, 0.05) is 37.2 Å². The molecule has 40 heavy (non-hydrogen) atoms. The molecule has 0 fully saturated rings. The zero-order valence-electron chi connectivity index (χ0n) is 24.2. The zero-order valence-corrected chi connectivity index (χ0v) is 24.9. The van der Waals surface area contributed by atoms with Crippen LogP contribution >= 0.6 is 11.6 Å². The van der Waals surface area contributed by atoms with Crippen molar-refractivity contribution < 1.29 is 19.1 Å². The number of anilines is 2. The summed E-state index contributed by atoms with van der Waals surface area (Å²) in [5, 5.41) is 12.4. The smallest absolute Gasteiger partial charge is 0.268 e. The normalized spacial score (nSPS) is 14.6. The summed E-state index contributed by atoms with van der Waals surface area (Å²) in [7, 11) is 0. The molecule has 1 N–H and O–H groups in total. The number of nitrogens with zero attached hydrogens (tertiary/aromatic N) is 2. The van der Waals surface area contributed by atoms with Crippen LogP contribution in [0.1, 0.15) is 77.3 Å². The summed E-state index contributed by atoms with van der Waals surface area (Å²) >= 11 is 5.97.